The van der Waals surface area contributed by atoms with Crippen LogP contribution in [0.2, 0.25) is 0 Å². The van der Waals surface area contributed by atoms with Crippen LogP contribution >= 0.6 is 15.9 Å². The molecular formula is C12H17BrN4O. The van der Waals surface area contributed by atoms with Gasteiger partial charge >= 0.3 is 0 Å². The fourth-order valence-corrected chi connectivity index (χ4v) is 2.72. The number of anilines is 1. The lowest BCUT2D eigenvalue weighted by atomic mass is 10.1. The third-order valence-electron chi connectivity index (χ3n) is 3.07. The molecule has 18 heavy (non-hydrogen) atoms. The molecule has 1 aliphatic heterocycles. The van der Waals surface area contributed by atoms with E-state index in [0.29, 0.717) is 11.0 Å². The molecule has 0 aliphatic carbocycles. The van der Waals surface area contributed by atoms with Crippen molar-refractivity contribution in [2.75, 3.05) is 18.0 Å². The van der Waals surface area contributed by atoms with Crippen LogP contribution in [0.4, 0.5) is 5.69 Å². The van der Waals surface area contributed by atoms with Crippen LogP contribution in [-0.2, 0) is 6.54 Å². The van der Waals surface area contributed by atoms with Gasteiger partial charge in [0.2, 0.25) is 0 Å². The van der Waals surface area contributed by atoms with E-state index in [9.17, 15) is 4.79 Å². The molecule has 0 radical (unpaired) electrons. The van der Waals surface area contributed by atoms with Crippen molar-refractivity contribution in [3.8, 4) is 0 Å². The lowest BCUT2D eigenvalue weighted by Gasteiger charge is -2.32. The number of piperidine rings is 1. The van der Waals surface area contributed by atoms with Crippen molar-refractivity contribution in [2.45, 2.75) is 25.4 Å². The first kappa shape index (κ1) is 13.3. The van der Waals surface area contributed by atoms with Crippen molar-refractivity contribution >= 4 is 21.6 Å². The van der Waals surface area contributed by atoms with Crippen LogP contribution in [0, 0.1) is 0 Å². The molecule has 1 aromatic rings. The Morgan fingerprint density at radius 2 is 2.44 bits per heavy atom. The molecule has 0 unspecified atom stereocenters. The molecule has 1 aliphatic rings. The van der Waals surface area contributed by atoms with Gasteiger partial charge in [-0.25, -0.2) is 4.68 Å². The second-order valence-electron chi connectivity index (χ2n) is 4.47. The first-order chi connectivity index (χ1) is 8.63. The number of aromatic nitrogens is 2. The highest BCUT2D eigenvalue weighted by molar-refractivity contribution is 9.10. The first-order valence-electron chi connectivity index (χ1n) is 6.00. The van der Waals surface area contributed by atoms with Crippen LogP contribution < -0.4 is 16.2 Å². The molecule has 2 rings (SSSR count). The van der Waals surface area contributed by atoms with E-state index in [1.807, 2.05) is 0 Å². The standard InChI is InChI=1S/C12H17BrN4O/c1-2-5-17-12(18)11(13)10(7-15-17)16-6-3-4-9(14)8-16/h2,7,9H,1,3-6,8,14H2/t9-/m1/s1. The summed E-state index contributed by atoms with van der Waals surface area (Å²) in [4.78, 5) is 14.2. The number of hydrogen-bond acceptors (Lipinski definition) is 4. The van der Waals surface area contributed by atoms with Crippen LogP contribution in [-0.4, -0.2) is 28.9 Å². The molecule has 5 nitrogen and oxygen atoms in total. The fraction of sp³-hybridized carbons (Fsp3) is 0.500. The molecule has 0 saturated carbocycles. The molecule has 0 aromatic carbocycles. The zero-order chi connectivity index (χ0) is 13.1. The summed E-state index contributed by atoms with van der Waals surface area (Å²) in [5.41, 5.74) is 6.65. The van der Waals surface area contributed by atoms with E-state index in [1.54, 1.807) is 12.3 Å². The van der Waals surface area contributed by atoms with Crippen LogP contribution in [0.3, 0.4) is 0 Å². The summed E-state index contributed by atoms with van der Waals surface area (Å²) in [7, 11) is 0. The molecule has 98 valence electrons. The lowest BCUT2D eigenvalue weighted by molar-refractivity contribution is 0.503. The highest BCUT2D eigenvalue weighted by Gasteiger charge is 2.20. The molecular weight excluding hydrogens is 296 g/mol. The maximum atomic E-state index is 12.1. The largest absolute Gasteiger partial charge is 0.368 e. The summed E-state index contributed by atoms with van der Waals surface area (Å²) in [5.74, 6) is 0. The van der Waals surface area contributed by atoms with Crippen molar-refractivity contribution in [3.63, 3.8) is 0 Å². The number of halogens is 1. The van der Waals surface area contributed by atoms with Crippen molar-refractivity contribution in [3.05, 3.63) is 33.7 Å². The van der Waals surface area contributed by atoms with Gasteiger partial charge in [0.25, 0.3) is 5.56 Å². The molecule has 2 N–H and O–H groups in total. The molecule has 6 heteroatoms. The maximum Gasteiger partial charge on any atom is 0.283 e. The highest BCUT2D eigenvalue weighted by atomic mass is 79.9. The van der Waals surface area contributed by atoms with Crippen molar-refractivity contribution in [1.29, 1.82) is 0 Å². The Bertz CT molecular complexity index is 499. The van der Waals surface area contributed by atoms with Gasteiger partial charge in [0.15, 0.2) is 0 Å². The van der Waals surface area contributed by atoms with E-state index in [4.69, 9.17) is 5.73 Å². The number of nitrogens with zero attached hydrogens (tertiary/aromatic N) is 3. The molecule has 1 saturated heterocycles. The fourth-order valence-electron chi connectivity index (χ4n) is 2.16. The number of allylic oxidation sites excluding steroid dienone is 1. The van der Waals surface area contributed by atoms with Crippen molar-refractivity contribution < 1.29 is 0 Å². The maximum absolute atomic E-state index is 12.1. The Labute approximate surface area is 114 Å². The number of nitrogens with two attached hydrogens (primary N) is 1. The zero-order valence-electron chi connectivity index (χ0n) is 10.2. The van der Waals surface area contributed by atoms with Crippen molar-refractivity contribution in [1.82, 2.24) is 9.78 Å². The van der Waals surface area contributed by atoms with Gasteiger partial charge in [-0.3, -0.25) is 4.79 Å². The minimum Gasteiger partial charge on any atom is -0.368 e. The first-order valence-corrected chi connectivity index (χ1v) is 6.80. The van der Waals surface area contributed by atoms with Crippen LogP contribution in [0.25, 0.3) is 0 Å². The average molecular weight is 313 g/mol. The van der Waals surface area contributed by atoms with Gasteiger partial charge in [0, 0.05) is 19.1 Å². The van der Waals surface area contributed by atoms with E-state index in [0.717, 1.165) is 31.6 Å². The predicted octanol–water partition coefficient (Wildman–Crippen LogP) is 1.12. The van der Waals surface area contributed by atoms with Crippen LogP contribution in [0.15, 0.2) is 28.1 Å². The van der Waals surface area contributed by atoms with Crippen LogP contribution in [0.5, 0.6) is 0 Å². The molecule has 0 amide bonds. The Kier molecular flexibility index (Phi) is 4.19. The van der Waals surface area contributed by atoms with E-state index in [-0.39, 0.29) is 11.6 Å². The molecule has 0 spiro atoms. The van der Waals surface area contributed by atoms with Gasteiger partial charge in [-0.1, -0.05) is 6.08 Å². The van der Waals surface area contributed by atoms with E-state index in [2.05, 4.69) is 32.5 Å². The molecule has 0 bridgehead atoms. The molecule has 2 heterocycles. The third-order valence-corrected chi connectivity index (χ3v) is 3.81. The zero-order valence-corrected chi connectivity index (χ0v) is 11.8. The third kappa shape index (κ3) is 2.64. The Morgan fingerprint density at radius 3 is 3.11 bits per heavy atom. The lowest BCUT2D eigenvalue weighted by Crippen LogP contribution is -2.43. The minimum atomic E-state index is -0.133. The molecule has 1 atom stereocenters. The summed E-state index contributed by atoms with van der Waals surface area (Å²) in [5, 5.41) is 4.15. The van der Waals surface area contributed by atoms with Crippen LogP contribution in [0.1, 0.15) is 12.8 Å². The monoisotopic (exact) mass is 312 g/mol. The minimum absolute atomic E-state index is 0.133. The Morgan fingerprint density at radius 1 is 1.67 bits per heavy atom. The Hall–Kier alpha value is -1.14. The number of rotatable bonds is 3. The van der Waals surface area contributed by atoms with E-state index >= 15 is 0 Å². The summed E-state index contributed by atoms with van der Waals surface area (Å²) in [6.07, 6.45) is 5.45. The van der Waals surface area contributed by atoms with Gasteiger partial charge < -0.3 is 10.6 Å². The second-order valence-corrected chi connectivity index (χ2v) is 5.26. The Balaban J connectivity index is 2.31. The van der Waals surface area contributed by atoms with E-state index in [1.165, 1.54) is 4.68 Å². The smallest absolute Gasteiger partial charge is 0.283 e. The highest BCUT2D eigenvalue weighted by Crippen LogP contribution is 2.24. The predicted molar refractivity (Wildman–Crippen MR) is 75.8 cm³/mol. The summed E-state index contributed by atoms with van der Waals surface area (Å²) in [6, 6.07) is 0.168. The summed E-state index contributed by atoms with van der Waals surface area (Å²) < 4.78 is 1.93. The summed E-state index contributed by atoms with van der Waals surface area (Å²) in [6.45, 7) is 5.71. The van der Waals surface area contributed by atoms with Gasteiger partial charge in [-0.2, -0.15) is 5.10 Å². The molecule has 1 aromatic heterocycles. The number of hydrogen-bond donors (Lipinski definition) is 1. The summed E-state index contributed by atoms with van der Waals surface area (Å²) >= 11 is 3.37. The normalized spacial score (nSPS) is 19.9. The van der Waals surface area contributed by atoms with E-state index < -0.39 is 0 Å². The van der Waals surface area contributed by atoms with Gasteiger partial charge in [0.05, 0.1) is 18.4 Å². The topological polar surface area (TPSA) is 64.2 Å². The average Bonchev–Trinajstić information content (AvgIpc) is 2.35. The quantitative estimate of drug-likeness (QED) is 0.850. The van der Waals surface area contributed by atoms with Crippen molar-refractivity contribution in [2.24, 2.45) is 5.73 Å². The van der Waals surface area contributed by atoms with Gasteiger partial charge in [0.1, 0.15) is 4.47 Å². The van der Waals surface area contributed by atoms with Gasteiger partial charge in [-0.05, 0) is 28.8 Å². The second kappa shape index (κ2) is 5.67. The van der Waals surface area contributed by atoms with Gasteiger partial charge in [-0.15, -0.1) is 6.58 Å². The SMILES string of the molecule is C=CCn1ncc(N2CCC[C@@H](N)C2)c(Br)c1=O. The molecule has 1 fully saturated rings.